The Balaban J connectivity index is 0.000000921. The van der Waals surface area contributed by atoms with Gasteiger partial charge in [0.05, 0.1) is 17.2 Å². The lowest BCUT2D eigenvalue weighted by Gasteiger charge is -2.10. The highest BCUT2D eigenvalue weighted by Gasteiger charge is 2.12. The molecule has 0 aliphatic rings. The molecule has 1 aromatic heterocycles. The molecule has 5 nitrogen and oxygen atoms in total. The highest BCUT2D eigenvalue weighted by atomic mass is 32.2. The van der Waals surface area contributed by atoms with Crippen molar-refractivity contribution >= 4 is 21.5 Å². The van der Waals surface area contributed by atoms with E-state index in [1.54, 1.807) is 0 Å². The molecule has 15 heavy (non-hydrogen) atoms. The summed E-state index contributed by atoms with van der Waals surface area (Å²) >= 11 is 1.48. The average molecular weight is 251 g/mol. The summed E-state index contributed by atoms with van der Waals surface area (Å²) in [7, 11) is -2.17. The summed E-state index contributed by atoms with van der Waals surface area (Å²) in [6, 6.07) is 0. The van der Waals surface area contributed by atoms with E-state index < -0.39 is 10.2 Å². The largest absolute Gasteiger partial charge is 0.277 e. The van der Waals surface area contributed by atoms with Crippen LogP contribution in [0.3, 0.4) is 0 Å². The van der Waals surface area contributed by atoms with E-state index in [2.05, 4.69) is 4.98 Å². The van der Waals surface area contributed by atoms with Crippen molar-refractivity contribution in [2.24, 2.45) is 5.14 Å². The summed E-state index contributed by atoms with van der Waals surface area (Å²) in [6.07, 6.45) is 0. The lowest BCUT2D eigenvalue weighted by atomic mass is 10.5. The zero-order valence-electron chi connectivity index (χ0n) is 9.39. The zero-order valence-corrected chi connectivity index (χ0v) is 11.0. The molecule has 0 fully saturated rings. The molecule has 2 N–H and O–H groups in total. The molecular formula is C8H17N3O2S2. The van der Waals surface area contributed by atoms with Gasteiger partial charge in [-0.2, -0.15) is 12.7 Å². The molecule has 1 heterocycles. The van der Waals surface area contributed by atoms with E-state index in [1.807, 2.05) is 26.2 Å². The quantitative estimate of drug-likeness (QED) is 0.874. The standard InChI is InChI=1S/C6H11N3O2S2.C2H6/c1-5-8-6(4-12-5)3-9(2)13(7,10)11;1-2/h4H,3H2,1-2H3,(H2,7,10,11);1-2H3. The Bertz CT molecular complexity index is 386. The van der Waals surface area contributed by atoms with Crippen LogP contribution in [0, 0.1) is 6.92 Å². The predicted molar refractivity (Wildman–Crippen MR) is 62.8 cm³/mol. The highest BCUT2D eigenvalue weighted by molar-refractivity contribution is 7.86. The van der Waals surface area contributed by atoms with Gasteiger partial charge in [-0.05, 0) is 6.92 Å². The predicted octanol–water partition coefficient (Wildman–Crippen LogP) is 1.11. The molecule has 0 atom stereocenters. The summed E-state index contributed by atoms with van der Waals surface area (Å²) in [5, 5.41) is 7.64. The molecule has 0 unspecified atom stereocenters. The number of thiazole rings is 1. The molecule has 0 saturated heterocycles. The molecule has 0 aliphatic carbocycles. The molecule has 0 spiro atoms. The van der Waals surface area contributed by atoms with Crippen LogP contribution in [-0.2, 0) is 16.8 Å². The van der Waals surface area contributed by atoms with Crippen LogP contribution in [0.4, 0.5) is 0 Å². The van der Waals surface area contributed by atoms with Crippen LogP contribution in [-0.4, -0.2) is 24.8 Å². The van der Waals surface area contributed by atoms with E-state index in [4.69, 9.17) is 5.14 Å². The number of nitrogens with two attached hydrogens (primary N) is 1. The maximum atomic E-state index is 10.8. The fourth-order valence-corrected chi connectivity index (χ4v) is 1.71. The molecular weight excluding hydrogens is 234 g/mol. The molecule has 0 bridgehead atoms. The summed E-state index contributed by atoms with van der Waals surface area (Å²) in [4.78, 5) is 4.12. The fraction of sp³-hybridized carbons (Fsp3) is 0.625. The summed E-state index contributed by atoms with van der Waals surface area (Å²) in [6.45, 7) is 6.09. The van der Waals surface area contributed by atoms with Gasteiger partial charge in [-0.15, -0.1) is 11.3 Å². The molecule has 1 rings (SSSR count). The van der Waals surface area contributed by atoms with Gasteiger partial charge in [0, 0.05) is 12.4 Å². The first-order chi connectivity index (χ1) is 6.89. The monoisotopic (exact) mass is 251 g/mol. The van der Waals surface area contributed by atoms with Gasteiger partial charge in [0.25, 0.3) is 10.2 Å². The third-order valence-corrected chi connectivity index (χ3v) is 3.31. The third kappa shape index (κ3) is 5.22. The van der Waals surface area contributed by atoms with Crippen molar-refractivity contribution in [3.63, 3.8) is 0 Å². The minimum atomic E-state index is -3.59. The SMILES string of the molecule is CC.Cc1nc(CN(C)S(N)(=O)=O)cs1. The van der Waals surface area contributed by atoms with E-state index in [9.17, 15) is 8.42 Å². The van der Waals surface area contributed by atoms with E-state index >= 15 is 0 Å². The molecule has 0 aromatic carbocycles. The fourth-order valence-electron chi connectivity index (χ4n) is 0.799. The number of aryl methyl sites for hydroxylation is 1. The van der Waals surface area contributed by atoms with Gasteiger partial charge in [-0.25, -0.2) is 10.1 Å². The van der Waals surface area contributed by atoms with Crippen molar-refractivity contribution in [3.8, 4) is 0 Å². The van der Waals surface area contributed by atoms with Crippen molar-refractivity contribution in [2.45, 2.75) is 27.3 Å². The number of hydrogen-bond donors (Lipinski definition) is 1. The molecule has 0 radical (unpaired) electrons. The minimum Gasteiger partial charge on any atom is -0.245 e. The Kier molecular flexibility index (Phi) is 5.96. The Hall–Kier alpha value is -0.500. The van der Waals surface area contributed by atoms with Crippen LogP contribution in [0.5, 0.6) is 0 Å². The molecule has 0 aliphatic heterocycles. The number of hydrogen-bond acceptors (Lipinski definition) is 4. The number of rotatable bonds is 3. The van der Waals surface area contributed by atoms with Gasteiger partial charge >= 0.3 is 0 Å². The first-order valence-electron chi connectivity index (χ1n) is 4.54. The first-order valence-corrected chi connectivity index (χ1v) is 6.93. The number of nitrogens with zero attached hydrogens (tertiary/aromatic N) is 2. The normalized spacial score (nSPS) is 11.1. The summed E-state index contributed by atoms with van der Waals surface area (Å²) in [5.74, 6) is 0. The smallest absolute Gasteiger partial charge is 0.245 e. The van der Waals surface area contributed by atoms with Crippen molar-refractivity contribution in [2.75, 3.05) is 7.05 Å². The van der Waals surface area contributed by atoms with E-state index in [-0.39, 0.29) is 6.54 Å². The molecule has 0 amide bonds. The van der Waals surface area contributed by atoms with Gasteiger partial charge in [-0.3, -0.25) is 0 Å². The van der Waals surface area contributed by atoms with Gasteiger partial charge in [0.1, 0.15) is 0 Å². The van der Waals surface area contributed by atoms with Crippen LogP contribution in [0.25, 0.3) is 0 Å². The number of aromatic nitrogens is 1. The second kappa shape index (κ2) is 6.16. The second-order valence-electron chi connectivity index (χ2n) is 2.66. The summed E-state index contributed by atoms with van der Waals surface area (Å²) < 4.78 is 22.7. The second-order valence-corrected chi connectivity index (χ2v) is 5.37. The van der Waals surface area contributed by atoms with Crippen molar-refractivity contribution in [1.82, 2.24) is 9.29 Å². The lowest BCUT2D eigenvalue weighted by molar-refractivity contribution is 0.464. The Morgan fingerprint density at radius 1 is 1.53 bits per heavy atom. The van der Waals surface area contributed by atoms with Gasteiger partial charge in [-0.1, -0.05) is 13.8 Å². The van der Waals surface area contributed by atoms with Gasteiger partial charge in [0.15, 0.2) is 0 Å². The highest BCUT2D eigenvalue weighted by Crippen LogP contribution is 2.10. The van der Waals surface area contributed by atoms with E-state index in [1.165, 1.54) is 18.4 Å². The van der Waals surface area contributed by atoms with E-state index in [0.29, 0.717) is 0 Å². The Labute approximate surface area is 95.1 Å². The van der Waals surface area contributed by atoms with Gasteiger partial charge < -0.3 is 0 Å². The summed E-state index contributed by atoms with van der Waals surface area (Å²) in [5.41, 5.74) is 0.721. The van der Waals surface area contributed by atoms with Gasteiger partial charge in [0.2, 0.25) is 0 Å². The average Bonchev–Trinajstić information content (AvgIpc) is 2.53. The maximum Gasteiger partial charge on any atom is 0.277 e. The lowest BCUT2D eigenvalue weighted by Crippen LogP contribution is -2.32. The van der Waals surface area contributed by atoms with Crippen LogP contribution in [0.2, 0.25) is 0 Å². The third-order valence-electron chi connectivity index (χ3n) is 1.49. The molecule has 88 valence electrons. The maximum absolute atomic E-state index is 10.8. The van der Waals surface area contributed by atoms with Crippen molar-refractivity contribution in [3.05, 3.63) is 16.1 Å². The zero-order chi connectivity index (χ0) is 12.1. The van der Waals surface area contributed by atoms with E-state index in [0.717, 1.165) is 15.0 Å². The topological polar surface area (TPSA) is 76.3 Å². The Morgan fingerprint density at radius 2 is 2.07 bits per heavy atom. The minimum absolute atomic E-state index is 0.225. The Morgan fingerprint density at radius 3 is 2.40 bits per heavy atom. The van der Waals surface area contributed by atoms with Crippen LogP contribution < -0.4 is 5.14 Å². The molecule has 1 aromatic rings. The van der Waals surface area contributed by atoms with Crippen LogP contribution >= 0.6 is 11.3 Å². The van der Waals surface area contributed by atoms with Crippen molar-refractivity contribution in [1.29, 1.82) is 0 Å². The van der Waals surface area contributed by atoms with Crippen molar-refractivity contribution < 1.29 is 8.42 Å². The van der Waals surface area contributed by atoms with Crippen LogP contribution in [0.1, 0.15) is 24.5 Å². The molecule has 7 heteroatoms. The molecule has 0 saturated carbocycles. The first kappa shape index (κ1) is 14.5. The van der Waals surface area contributed by atoms with Crippen LogP contribution in [0.15, 0.2) is 5.38 Å².